The first-order chi connectivity index (χ1) is 10.2. The fraction of sp³-hybridized carbons (Fsp3) is 0.500. The van der Waals surface area contributed by atoms with Gasteiger partial charge in [0.15, 0.2) is 11.5 Å². The molecule has 0 spiro atoms. The average Bonchev–Trinajstić information content (AvgIpc) is 2.97. The fourth-order valence-corrected chi connectivity index (χ4v) is 2.65. The third-order valence-corrected chi connectivity index (χ3v) is 3.87. The Labute approximate surface area is 139 Å². The first kappa shape index (κ1) is 17.1. The van der Waals surface area contributed by atoms with E-state index in [0.717, 1.165) is 6.42 Å². The molecule has 0 aliphatic carbocycles. The molecule has 0 radical (unpaired) electrons. The van der Waals surface area contributed by atoms with Crippen molar-refractivity contribution in [2.45, 2.75) is 25.0 Å². The van der Waals surface area contributed by atoms with Gasteiger partial charge in [0.1, 0.15) is 19.3 Å². The number of anilines is 1. The molecule has 1 aromatic carbocycles. The Morgan fingerprint density at radius 2 is 1.95 bits per heavy atom. The molecule has 0 aromatic heterocycles. The van der Waals surface area contributed by atoms with Crippen LogP contribution in [0.3, 0.4) is 0 Å². The number of carbonyl (C=O) groups is 1. The van der Waals surface area contributed by atoms with Crippen molar-refractivity contribution in [2.24, 2.45) is 5.73 Å². The first-order valence-corrected chi connectivity index (χ1v) is 7.30. The SMILES string of the molecule is Cl.NC[C@H]1CC[C@@H](C(=O)Nc2cc3c(cc2Cl)OCCO3)O1. The Balaban J connectivity index is 0.00000176. The highest BCUT2D eigenvalue weighted by atomic mass is 35.5. The smallest absolute Gasteiger partial charge is 0.253 e. The van der Waals surface area contributed by atoms with Gasteiger partial charge in [0, 0.05) is 18.7 Å². The number of hydrogen-bond acceptors (Lipinski definition) is 5. The third-order valence-electron chi connectivity index (χ3n) is 3.55. The monoisotopic (exact) mass is 348 g/mol. The summed E-state index contributed by atoms with van der Waals surface area (Å²) < 4.78 is 16.5. The van der Waals surface area contributed by atoms with Crippen molar-refractivity contribution >= 4 is 35.6 Å². The lowest BCUT2D eigenvalue weighted by atomic mass is 10.2. The molecule has 2 aliphatic rings. The van der Waals surface area contributed by atoms with Crippen molar-refractivity contribution in [3.05, 3.63) is 17.2 Å². The van der Waals surface area contributed by atoms with E-state index in [-0.39, 0.29) is 24.4 Å². The Kier molecular flexibility index (Phi) is 5.74. The topological polar surface area (TPSA) is 82.8 Å². The molecule has 122 valence electrons. The lowest BCUT2D eigenvalue weighted by Crippen LogP contribution is -2.30. The minimum atomic E-state index is -0.484. The van der Waals surface area contributed by atoms with E-state index in [9.17, 15) is 4.79 Å². The molecule has 0 bridgehead atoms. The second kappa shape index (κ2) is 7.37. The summed E-state index contributed by atoms with van der Waals surface area (Å²) in [6.45, 7) is 1.39. The number of fused-ring (bicyclic) bond motifs is 1. The largest absolute Gasteiger partial charge is 0.486 e. The summed E-state index contributed by atoms with van der Waals surface area (Å²) in [6.07, 6.45) is 0.929. The molecule has 2 atom stereocenters. The second-order valence-electron chi connectivity index (χ2n) is 5.02. The van der Waals surface area contributed by atoms with Gasteiger partial charge in [-0.25, -0.2) is 0 Å². The maximum Gasteiger partial charge on any atom is 0.253 e. The van der Waals surface area contributed by atoms with Gasteiger partial charge in [0.2, 0.25) is 0 Å². The van der Waals surface area contributed by atoms with Crippen LogP contribution in [0.5, 0.6) is 11.5 Å². The van der Waals surface area contributed by atoms with Crippen LogP contribution < -0.4 is 20.5 Å². The number of benzene rings is 1. The van der Waals surface area contributed by atoms with Crippen molar-refractivity contribution in [1.29, 1.82) is 0 Å². The van der Waals surface area contributed by atoms with Gasteiger partial charge in [0.05, 0.1) is 16.8 Å². The van der Waals surface area contributed by atoms with Gasteiger partial charge in [-0.15, -0.1) is 12.4 Å². The van der Waals surface area contributed by atoms with Crippen LogP contribution in [0.4, 0.5) is 5.69 Å². The molecule has 3 rings (SSSR count). The van der Waals surface area contributed by atoms with Crippen molar-refractivity contribution in [1.82, 2.24) is 0 Å². The van der Waals surface area contributed by atoms with Crippen molar-refractivity contribution in [3.8, 4) is 11.5 Å². The molecule has 1 aromatic rings. The van der Waals surface area contributed by atoms with Crippen LogP contribution in [0.2, 0.25) is 5.02 Å². The molecular formula is C14H18Cl2N2O4. The van der Waals surface area contributed by atoms with Gasteiger partial charge in [-0.2, -0.15) is 0 Å². The summed E-state index contributed by atoms with van der Waals surface area (Å²) in [4.78, 5) is 12.2. The number of ether oxygens (including phenoxy) is 3. The van der Waals surface area contributed by atoms with Gasteiger partial charge >= 0.3 is 0 Å². The molecular weight excluding hydrogens is 331 g/mol. The molecule has 0 unspecified atom stereocenters. The fourth-order valence-electron chi connectivity index (χ4n) is 2.44. The van der Waals surface area contributed by atoms with Gasteiger partial charge in [-0.1, -0.05) is 11.6 Å². The Morgan fingerprint density at radius 1 is 1.27 bits per heavy atom. The van der Waals surface area contributed by atoms with Crippen LogP contribution in [0, 0.1) is 0 Å². The van der Waals surface area contributed by atoms with Crippen LogP contribution in [0.15, 0.2) is 12.1 Å². The third kappa shape index (κ3) is 3.57. The number of carbonyl (C=O) groups excluding carboxylic acids is 1. The number of nitrogens with one attached hydrogen (secondary N) is 1. The van der Waals surface area contributed by atoms with Crippen LogP contribution in [0.1, 0.15) is 12.8 Å². The zero-order valence-electron chi connectivity index (χ0n) is 11.8. The van der Waals surface area contributed by atoms with Crippen LogP contribution >= 0.6 is 24.0 Å². The van der Waals surface area contributed by atoms with Crippen LogP contribution in [-0.2, 0) is 9.53 Å². The number of halogens is 2. The summed E-state index contributed by atoms with van der Waals surface area (Å²) in [7, 11) is 0. The predicted octanol–water partition coefficient (Wildman–Crippen LogP) is 1.98. The van der Waals surface area contributed by atoms with E-state index in [0.29, 0.717) is 48.4 Å². The lowest BCUT2D eigenvalue weighted by Gasteiger charge is -2.20. The molecule has 2 aliphatic heterocycles. The zero-order valence-corrected chi connectivity index (χ0v) is 13.4. The number of hydrogen-bond donors (Lipinski definition) is 2. The quantitative estimate of drug-likeness (QED) is 0.872. The molecule has 8 heteroatoms. The molecule has 0 saturated carbocycles. The number of amides is 1. The standard InChI is InChI=1S/C14H17ClN2O4.ClH/c15-9-5-12-13(20-4-3-19-12)6-10(9)17-14(18)11-2-1-8(7-16)21-11;/h5-6,8,11H,1-4,7,16H2,(H,17,18);1H/t8-,11+;/m1./s1. The summed E-state index contributed by atoms with van der Waals surface area (Å²) in [5.74, 6) is 0.946. The predicted molar refractivity (Wildman–Crippen MR) is 85.3 cm³/mol. The Morgan fingerprint density at radius 3 is 2.59 bits per heavy atom. The molecule has 22 heavy (non-hydrogen) atoms. The summed E-state index contributed by atoms with van der Waals surface area (Å²) >= 11 is 6.16. The number of nitrogens with two attached hydrogens (primary N) is 1. The van der Waals surface area contributed by atoms with Gasteiger partial charge in [-0.05, 0) is 12.8 Å². The second-order valence-corrected chi connectivity index (χ2v) is 5.43. The van der Waals surface area contributed by atoms with Gasteiger partial charge in [-0.3, -0.25) is 4.79 Å². The lowest BCUT2D eigenvalue weighted by molar-refractivity contribution is -0.126. The summed E-state index contributed by atoms with van der Waals surface area (Å²) in [5.41, 5.74) is 6.03. The highest BCUT2D eigenvalue weighted by Crippen LogP contribution is 2.38. The van der Waals surface area contributed by atoms with E-state index < -0.39 is 6.10 Å². The first-order valence-electron chi connectivity index (χ1n) is 6.93. The van der Waals surface area contributed by atoms with Crippen LogP contribution in [-0.4, -0.2) is 37.9 Å². The maximum atomic E-state index is 12.2. The molecule has 1 saturated heterocycles. The number of rotatable bonds is 3. The van der Waals surface area contributed by atoms with E-state index in [1.54, 1.807) is 12.1 Å². The minimum absolute atomic E-state index is 0. The maximum absolute atomic E-state index is 12.2. The van der Waals surface area contributed by atoms with Gasteiger partial charge < -0.3 is 25.3 Å². The Bertz CT molecular complexity index is 556. The molecule has 1 amide bonds. The molecule has 6 nitrogen and oxygen atoms in total. The van der Waals surface area contributed by atoms with E-state index >= 15 is 0 Å². The van der Waals surface area contributed by atoms with E-state index in [2.05, 4.69) is 5.32 Å². The zero-order chi connectivity index (χ0) is 14.8. The minimum Gasteiger partial charge on any atom is -0.486 e. The molecule has 3 N–H and O–H groups in total. The van der Waals surface area contributed by atoms with E-state index in [1.165, 1.54) is 0 Å². The van der Waals surface area contributed by atoms with Crippen molar-refractivity contribution in [2.75, 3.05) is 25.1 Å². The average molecular weight is 349 g/mol. The molecule has 2 heterocycles. The molecule has 1 fully saturated rings. The van der Waals surface area contributed by atoms with E-state index in [4.69, 9.17) is 31.5 Å². The van der Waals surface area contributed by atoms with Crippen LogP contribution in [0.25, 0.3) is 0 Å². The highest BCUT2D eigenvalue weighted by molar-refractivity contribution is 6.34. The van der Waals surface area contributed by atoms with Crippen molar-refractivity contribution in [3.63, 3.8) is 0 Å². The van der Waals surface area contributed by atoms with Crippen molar-refractivity contribution < 1.29 is 19.0 Å². The van der Waals surface area contributed by atoms with E-state index in [1.807, 2.05) is 0 Å². The summed E-state index contributed by atoms with van der Waals surface area (Å²) in [6, 6.07) is 3.31. The summed E-state index contributed by atoms with van der Waals surface area (Å²) in [5, 5.41) is 3.18. The van der Waals surface area contributed by atoms with Gasteiger partial charge in [0.25, 0.3) is 5.91 Å². The Hall–Kier alpha value is -1.21. The normalized spacial score (nSPS) is 22.8. The highest BCUT2D eigenvalue weighted by Gasteiger charge is 2.30.